The zero-order valence-corrected chi connectivity index (χ0v) is 8.94. The van der Waals surface area contributed by atoms with Crippen molar-refractivity contribution in [2.24, 2.45) is 0 Å². The summed E-state index contributed by atoms with van der Waals surface area (Å²) in [5, 5.41) is 11.7. The molecule has 0 unspecified atom stereocenters. The summed E-state index contributed by atoms with van der Waals surface area (Å²) in [6.45, 7) is 3.17. The molecule has 0 amide bonds. The Morgan fingerprint density at radius 2 is 2.20 bits per heavy atom. The molecule has 82 valence electrons. The molecule has 5 nitrogen and oxygen atoms in total. The number of carboxylic acids is 1. The van der Waals surface area contributed by atoms with Gasteiger partial charge in [-0.3, -0.25) is 0 Å². The van der Waals surface area contributed by atoms with Crippen LogP contribution < -0.4 is 10.1 Å². The summed E-state index contributed by atoms with van der Waals surface area (Å²) in [4.78, 5) is 14.8. The van der Waals surface area contributed by atoms with E-state index in [4.69, 9.17) is 9.84 Å². The fourth-order valence-corrected chi connectivity index (χ4v) is 0.989. The zero-order valence-electron chi connectivity index (χ0n) is 8.94. The van der Waals surface area contributed by atoms with Gasteiger partial charge < -0.3 is 15.2 Å². The molecule has 0 aliphatic heterocycles. The molecule has 0 spiro atoms. The lowest BCUT2D eigenvalue weighted by Gasteiger charge is -2.22. The second-order valence-corrected chi connectivity index (χ2v) is 3.64. The molecule has 0 fully saturated rings. The summed E-state index contributed by atoms with van der Waals surface area (Å²) in [7, 11) is 1.52. The minimum Gasteiger partial charge on any atom is -0.481 e. The summed E-state index contributed by atoms with van der Waals surface area (Å²) in [5.74, 6) is -0.424. The van der Waals surface area contributed by atoms with Crippen LogP contribution >= 0.6 is 0 Å². The van der Waals surface area contributed by atoms with Crippen LogP contribution in [0.25, 0.3) is 0 Å². The Morgan fingerprint density at radius 1 is 1.53 bits per heavy atom. The third-order valence-electron chi connectivity index (χ3n) is 1.94. The molecule has 1 aromatic heterocycles. The van der Waals surface area contributed by atoms with Gasteiger partial charge in [0.05, 0.1) is 19.0 Å². The number of nitrogens with one attached hydrogen (secondary N) is 1. The average molecular weight is 210 g/mol. The summed E-state index contributed by atoms with van der Waals surface area (Å²) >= 11 is 0. The largest absolute Gasteiger partial charge is 0.481 e. The molecule has 0 radical (unpaired) electrons. The molecule has 0 saturated carbocycles. The van der Waals surface area contributed by atoms with Gasteiger partial charge in [-0.25, -0.2) is 9.78 Å². The van der Waals surface area contributed by atoms with E-state index in [1.54, 1.807) is 26.0 Å². The van der Waals surface area contributed by atoms with Crippen molar-refractivity contribution in [2.75, 3.05) is 12.4 Å². The van der Waals surface area contributed by atoms with Crippen LogP contribution in [0.15, 0.2) is 18.3 Å². The first-order valence-corrected chi connectivity index (χ1v) is 4.47. The number of rotatable bonds is 4. The van der Waals surface area contributed by atoms with E-state index in [1.165, 1.54) is 13.3 Å². The van der Waals surface area contributed by atoms with Gasteiger partial charge in [-0.1, -0.05) is 0 Å². The van der Waals surface area contributed by atoms with Crippen molar-refractivity contribution in [1.82, 2.24) is 4.98 Å². The number of carboxylic acid groups (broad SMARTS) is 1. The van der Waals surface area contributed by atoms with Gasteiger partial charge in [0.2, 0.25) is 5.88 Å². The van der Waals surface area contributed by atoms with Crippen LogP contribution in [0, 0.1) is 0 Å². The quantitative estimate of drug-likeness (QED) is 0.785. The van der Waals surface area contributed by atoms with Crippen molar-refractivity contribution in [2.45, 2.75) is 19.4 Å². The van der Waals surface area contributed by atoms with E-state index in [0.29, 0.717) is 11.6 Å². The summed E-state index contributed by atoms with van der Waals surface area (Å²) in [5.41, 5.74) is -0.376. The van der Waals surface area contributed by atoms with Gasteiger partial charge in [0.25, 0.3) is 0 Å². The number of hydrogen-bond donors (Lipinski definition) is 2. The molecule has 1 rings (SSSR count). The predicted molar refractivity (Wildman–Crippen MR) is 56.1 cm³/mol. The van der Waals surface area contributed by atoms with E-state index >= 15 is 0 Å². The Hall–Kier alpha value is -1.78. The number of aromatic nitrogens is 1. The van der Waals surface area contributed by atoms with Gasteiger partial charge in [-0.15, -0.1) is 0 Å². The molecule has 0 bridgehead atoms. The first-order chi connectivity index (χ1) is 6.95. The van der Waals surface area contributed by atoms with Gasteiger partial charge in [0, 0.05) is 6.07 Å². The smallest absolute Gasteiger partial charge is 0.328 e. The third kappa shape index (κ3) is 2.83. The summed E-state index contributed by atoms with van der Waals surface area (Å²) in [6.07, 6.45) is 1.53. The molecule has 0 aliphatic rings. The lowest BCUT2D eigenvalue weighted by atomic mass is 10.1. The molecule has 2 N–H and O–H groups in total. The second-order valence-electron chi connectivity index (χ2n) is 3.64. The van der Waals surface area contributed by atoms with E-state index in [-0.39, 0.29) is 0 Å². The topological polar surface area (TPSA) is 71.5 Å². The van der Waals surface area contributed by atoms with Crippen LogP contribution in [-0.4, -0.2) is 28.7 Å². The normalized spacial score (nSPS) is 10.9. The van der Waals surface area contributed by atoms with Crippen LogP contribution in [0.2, 0.25) is 0 Å². The number of ether oxygens (including phenoxy) is 1. The number of hydrogen-bond acceptors (Lipinski definition) is 4. The highest BCUT2D eigenvalue weighted by molar-refractivity contribution is 5.81. The van der Waals surface area contributed by atoms with Gasteiger partial charge in [0.15, 0.2) is 0 Å². The standard InChI is InChI=1S/C10H14N2O3/c1-10(2,9(13)14)12-7-4-5-8(15-3)11-6-7/h4-6,12H,1-3H3,(H,13,14). The van der Waals surface area contributed by atoms with E-state index < -0.39 is 11.5 Å². The highest BCUT2D eigenvalue weighted by Crippen LogP contribution is 2.16. The number of aliphatic carboxylic acids is 1. The van der Waals surface area contributed by atoms with Crippen LogP contribution in [0.5, 0.6) is 5.88 Å². The van der Waals surface area contributed by atoms with Gasteiger partial charge in [-0.2, -0.15) is 0 Å². The average Bonchev–Trinajstić information content (AvgIpc) is 2.18. The molecule has 5 heteroatoms. The second kappa shape index (κ2) is 4.16. The third-order valence-corrected chi connectivity index (χ3v) is 1.94. The predicted octanol–water partition coefficient (Wildman–Crippen LogP) is 1.37. The maximum absolute atomic E-state index is 10.8. The summed E-state index contributed by atoms with van der Waals surface area (Å²) in [6, 6.07) is 3.39. The Labute approximate surface area is 88.1 Å². The van der Waals surface area contributed by atoms with Crippen LogP contribution in [0.3, 0.4) is 0 Å². The molecule has 0 atom stereocenters. The van der Waals surface area contributed by atoms with E-state index in [1.807, 2.05) is 0 Å². The van der Waals surface area contributed by atoms with Crippen molar-refractivity contribution in [1.29, 1.82) is 0 Å². The minimum absolute atomic E-state index is 0.494. The highest BCUT2D eigenvalue weighted by atomic mass is 16.5. The number of nitrogens with zero attached hydrogens (tertiary/aromatic N) is 1. The molecular weight excluding hydrogens is 196 g/mol. The Morgan fingerprint density at radius 3 is 2.60 bits per heavy atom. The number of pyridine rings is 1. The zero-order chi connectivity index (χ0) is 11.5. The van der Waals surface area contributed by atoms with Gasteiger partial charge in [-0.05, 0) is 19.9 Å². The van der Waals surface area contributed by atoms with E-state index in [9.17, 15) is 4.79 Å². The lowest BCUT2D eigenvalue weighted by molar-refractivity contribution is -0.141. The number of carbonyl (C=O) groups is 1. The van der Waals surface area contributed by atoms with Crippen molar-refractivity contribution >= 4 is 11.7 Å². The molecule has 1 heterocycles. The Balaban J connectivity index is 2.77. The minimum atomic E-state index is -1.02. The van der Waals surface area contributed by atoms with Crippen molar-refractivity contribution < 1.29 is 14.6 Å². The van der Waals surface area contributed by atoms with Gasteiger partial charge in [0.1, 0.15) is 5.54 Å². The monoisotopic (exact) mass is 210 g/mol. The molecule has 0 aliphatic carbocycles. The summed E-state index contributed by atoms with van der Waals surface area (Å²) < 4.78 is 4.89. The van der Waals surface area contributed by atoms with E-state index in [0.717, 1.165) is 0 Å². The van der Waals surface area contributed by atoms with Crippen LogP contribution in [0.1, 0.15) is 13.8 Å². The highest BCUT2D eigenvalue weighted by Gasteiger charge is 2.26. The Bertz CT molecular complexity index is 346. The maximum Gasteiger partial charge on any atom is 0.328 e. The maximum atomic E-state index is 10.8. The van der Waals surface area contributed by atoms with Gasteiger partial charge >= 0.3 is 5.97 Å². The lowest BCUT2D eigenvalue weighted by Crippen LogP contribution is -2.39. The fourth-order valence-electron chi connectivity index (χ4n) is 0.989. The van der Waals surface area contributed by atoms with Crippen LogP contribution in [-0.2, 0) is 4.79 Å². The molecule has 0 aromatic carbocycles. The van der Waals surface area contributed by atoms with Crippen molar-refractivity contribution in [3.05, 3.63) is 18.3 Å². The van der Waals surface area contributed by atoms with Crippen molar-refractivity contribution in [3.63, 3.8) is 0 Å². The molecule has 15 heavy (non-hydrogen) atoms. The van der Waals surface area contributed by atoms with E-state index in [2.05, 4.69) is 10.3 Å². The SMILES string of the molecule is COc1ccc(NC(C)(C)C(=O)O)cn1. The molecule has 1 aromatic rings. The molecular formula is C10H14N2O3. The number of methoxy groups -OCH3 is 1. The first kappa shape index (κ1) is 11.3. The van der Waals surface area contributed by atoms with Crippen LogP contribution in [0.4, 0.5) is 5.69 Å². The molecule has 0 saturated heterocycles. The van der Waals surface area contributed by atoms with Crippen molar-refractivity contribution in [3.8, 4) is 5.88 Å². The Kier molecular flexibility index (Phi) is 3.14. The fraction of sp³-hybridized carbons (Fsp3) is 0.400. The first-order valence-electron chi connectivity index (χ1n) is 4.47. The number of anilines is 1.